The number of hydrogen-bond acceptors (Lipinski definition) is 5. The highest BCUT2D eigenvalue weighted by atomic mass is 32.1. The van der Waals surface area contributed by atoms with Crippen LogP contribution in [0, 0.1) is 6.92 Å². The van der Waals surface area contributed by atoms with E-state index < -0.39 is 0 Å². The van der Waals surface area contributed by atoms with E-state index in [1.54, 1.807) is 11.3 Å². The molecule has 2 aromatic heterocycles. The maximum atomic E-state index is 4.96. The first-order valence-corrected chi connectivity index (χ1v) is 11.5. The number of piperidine rings is 1. The number of anilines is 1. The second-order valence-corrected chi connectivity index (χ2v) is 9.84. The number of likely N-dealkylation sites (tertiary alicyclic amines) is 1. The van der Waals surface area contributed by atoms with Crippen molar-refractivity contribution < 1.29 is 0 Å². The molecule has 30 heavy (non-hydrogen) atoms. The first-order chi connectivity index (χ1) is 14.4. The van der Waals surface area contributed by atoms with Crippen LogP contribution in [0.3, 0.4) is 0 Å². The zero-order chi connectivity index (χ0) is 21.0. The molecule has 2 aromatic carbocycles. The molecule has 1 fully saturated rings. The van der Waals surface area contributed by atoms with Crippen molar-refractivity contribution in [2.24, 2.45) is 7.05 Å². The van der Waals surface area contributed by atoms with E-state index in [0.717, 1.165) is 22.7 Å². The number of aromatic nitrogens is 3. The lowest BCUT2D eigenvalue weighted by Crippen LogP contribution is -2.46. The van der Waals surface area contributed by atoms with Gasteiger partial charge in [0.15, 0.2) is 5.13 Å². The highest BCUT2D eigenvalue weighted by Crippen LogP contribution is 2.35. The van der Waals surface area contributed by atoms with E-state index in [-0.39, 0.29) is 0 Å². The van der Waals surface area contributed by atoms with Gasteiger partial charge in [-0.25, -0.2) is 4.98 Å². The fourth-order valence-corrected chi connectivity index (χ4v) is 5.65. The summed E-state index contributed by atoms with van der Waals surface area (Å²) in [7, 11) is 6.41. The number of fused-ring (bicyclic) bond motifs is 2. The van der Waals surface area contributed by atoms with Crippen molar-refractivity contribution in [3.05, 3.63) is 42.1 Å². The second kappa shape index (κ2) is 7.36. The van der Waals surface area contributed by atoms with E-state index in [2.05, 4.69) is 79.4 Å². The van der Waals surface area contributed by atoms with Crippen LogP contribution >= 0.6 is 11.3 Å². The minimum atomic E-state index is 0.562. The lowest BCUT2D eigenvalue weighted by Gasteiger charge is -2.39. The normalized spacial score (nSPS) is 20.3. The van der Waals surface area contributed by atoms with Crippen LogP contribution in [0.5, 0.6) is 0 Å². The van der Waals surface area contributed by atoms with Crippen LogP contribution in [0.2, 0.25) is 0 Å². The van der Waals surface area contributed by atoms with E-state index >= 15 is 0 Å². The standard InChI is InChI=1S/C24H29N5S/c1-15-10-18(12-19-14-28(4)26-23(15)19)17-6-7-21-22(13-17)30-24(25-21)29(5)20-8-9-27(3)16(2)11-20/h6-7,10,12-14,16,20H,8-9,11H2,1-5H3. The average Bonchev–Trinajstić information content (AvgIpc) is 3.31. The van der Waals surface area contributed by atoms with Gasteiger partial charge in [-0.1, -0.05) is 17.4 Å². The Morgan fingerprint density at radius 2 is 1.97 bits per heavy atom. The molecule has 6 heteroatoms. The van der Waals surface area contributed by atoms with Crippen LogP contribution in [-0.2, 0) is 7.05 Å². The molecule has 3 heterocycles. The third kappa shape index (κ3) is 3.38. The molecule has 5 nitrogen and oxygen atoms in total. The van der Waals surface area contributed by atoms with Crippen molar-refractivity contribution in [3.8, 4) is 11.1 Å². The molecular formula is C24H29N5S. The Balaban J connectivity index is 1.47. The van der Waals surface area contributed by atoms with Crippen LogP contribution in [0.15, 0.2) is 36.5 Å². The lowest BCUT2D eigenvalue weighted by molar-refractivity contribution is 0.181. The van der Waals surface area contributed by atoms with Crippen molar-refractivity contribution >= 4 is 37.6 Å². The van der Waals surface area contributed by atoms with Gasteiger partial charge in [-0.3, -0.25) is 4.68 Å². The molecule has 0 amide bonds. The molecule has 2 unspecified atom stereocenters. The fourth-order valence-electron chi connectivity index (χ4n) is 4.61. The summed E-state index contributed by atoms with van der Waals surface area (Å²) < 4.78 is 3.14. The molecule has 1 aliphatic heterocycles. The van der Waals surface area contributed by atoms with Crippen LogP contribution in [0.4, 0.5) is 5.13 Å². The minimum Gasteiger partial charge on any atom is -0.348 e. The lowest BCUT2D eigenvalue weighted by atomic mass is 9.98. The molecule has 1 saturated heterocycles. The quantitative estimate of drug-likeness (QED) is 0.464. The molecule has 156 valence electrons. The van der Waals surface area contributed by atoms with E-state index in [4.69, 9.17) is 4.98 Å². The number of thiazole rings is 1. The van der Waals surface area contributed by atoms with Gasteiger partial charge in [0.25, 0.3) is 0 Å². The predicted molar refractivity (Wildman–Crippen MR) is 128 cm³/mol. The molecule has 4 aromatic rings. The van der Waals surface area contributed by atoms with E-state index in [1.807, 2.05) is 11.7 Å². The molecule has 2 atom stereocenters. The Bertz CT molecular complexity index is 1220. The number of benzene rings is 2. The van der Waals surface area contributed by atoms with Gasteiger partial charge in [0.1, 0.15) is 0 Å². The number of nitrogens with zero attached hydrogens (tertiary/aromatic N) is 5. The summed E-state index contributed by atoms with van der Waals surface area (Å²) in [5.74, 6) is 0. The summed E-state index contributed by atoms with van der Waals surface area (Å²) in [6.07, 6.45) is 4.48. The zero-order valence-corrected chi connectivity index (χ0v) is 19.2. The van der Waals surface area contributed by atoms with E-state index in [0.29, 0.717) is 12.1 Å². The van der Waals surface area contributed by atoms with Crippen molar-refractivity contribution in [2.45, 2.75) is 38.8 Å². The van der Waals surface area contributed by atoms with Crippen molar-refractivity contribution in [1.82, 2.24) is 19.7 Å². The van der Waals surface area contributed by atoms with Gasteiger partial charge in [0.2, 0.25) is 0 Å². The van der Waals surface area contributed by atoms with Gasteiger partial charge in [-0.15, -0.1) is 0 Å². The maximum Gasteiger partial charge on any atom is 0.186 e. The van der Waals surface area contributed by atoms with E-state index in [1.165, 1.54) is 39.6 Å². The van der Waals surface area contributed by atoms with Crippen LogP contribution in [-0.4, -0.2) is 52.4 Å². The maximum absolute atomic E-state index is 4.96. The first kappa shape index (κ1) is 19.5. The summed E-state index contributed by atoms with van der Waals surface area (Å²) in [5, 5.41) is 6.89. The third-order valence-corrected chi connectivity index (χ3v) is 7.76. The Hall–Kier alpha value is -2.44. The van der Waals surface area contributed by atoms with Crippen LogP contribution < -0.4 is 4.90 Å². The van der Waals surface area contributed by atoms with Gasteiger partial charge >= 0.3 is 0 Å². The average molecular weight is 420 g/mol. The minimum absolute atomic E-state index is 0.562. The van der Waals surface area contributed by atoms with Crippen LogP contribution in [0.1, 0.15) is 25.3 Å². The fraction of sp³-hybridized carbons (Fsp3) is 0.417. The molecule has 0 saturated carbocycles. The van der Waals surface area contributed by atoms with Gasteiger partial charge in [0.05, 0.1) is 15.7 Å². The highest BCUT2D eigenvalue weighted by molar-refractivity contribution is 7.22. The Kier molecular flexibility index (Phi) is 4.79. The molecule has 0 radical (unpaired) electrons. The summed E-state index contributed by atoms with van der Waals surface area (Å²) in [5.41, 5.74) is 5.86. The molecule has 5 rings (SSSR count). The predicted octanol–water partition coefficient (Wildman–Crippen LogP) is 5.08. The molecule has 0 aliphatic carbocycles. The summed E-state index contributed by atoms with van der Waals surface area (Å²) >= 11 is 1.81. The molecule has 1 aliphatic rings. The first-order valence-electron chi connectivity index (χ1n) is 10.7. The summed E-state index contributed by atoms with van der Waals surface area (Å²) in [6, 6.07) is 12.3. The van der Waals surface area contributed by atoms with Crippen molar-refractivity contribution in [3.63, 3.8) is 0 Å². The summed E-state index contributed by atoms with van der Waals surface area (Å²) in [6.45, 7) is 5.62. The van der Waals surface area contributed by atoms with Crippen molar-refractivity contribution in [1.29, 1.82) is 0 Å². The number of rotatable bonds is 3. The number of hydrogen-bond donors (Lipinski definition) is 0. The Morgan fingerprint density at radius 1 is 1.13 bits per heavy atom. The van der Waals surface area contributed by atoms with Gasteiger partial charge in [0, 0.05) is 44.3 Å². The summed E-state index contributed by atoms with van der Waals surface area (Å²) in [4.78, 5) is 9.81. The van der Waals surface area contributed by atoms with Gasteiger partial charge in [-0.2, -0.15) is 5.10 Å². The Labute approximate surface area is 181 Å². The Morgan fingerprint density at radius 3 is 2.77 bits per heavy atom. The largest absolute Gasteiger partial charge is 0.348 e. The van der Waals surface area contributed by atoms with Gasteiger partial charge < -0.3 is 9.80 Å². The van der Waals surface area contributed by atoms with Crippen molar-refractivity contribution in [2.75, 3.05) is 25.5 Å². The molecule has 0 N–H and O–H groups in total. The SMILES string of the molecule is Cc1cc(-c2ccc3nc(N(C)C4CCN(C)C(C)C4)sc3c2)cc2cn(C)nc12. The second-order valence-electron chi connectivity index (χ2n) is 8.83. The smallest absolute Gasteiger partial charge is 0.186 e. The molecule has 0 spiro atoms. The molecular weight excluding hydrogens is 390 g/mol. The highest BCUT2D eigenvalue weighted by Gasteiger charge is 2.27. The van der Waals surface area contributed by atoms with Crippen LogP contribution in [0.25, 0.3) is 32.2 Å². The monoisotopic (exact) mass is 419 g/mol. The third-order valence-electron chi connectivity index (χ3n) is 6.65. The topological polar surface area (TPSA) is 37.2 Å². The zero-order valence-electron chi connectivity index (χ0n) is 18.4. The number of aryl methyl sites for hydroxylation is 2. The van der Waals surface area contributed by atoms with Gasteiger partial charge in [-0.05, 0) is 74.7 Å². The van der Waals surface area contributed by atoms with E-state index in [9.17, 15) is 0 Å². The molecule has 0 bridgehead atoms.